The van der Waals surface area contributed by atoms with E-state index in [1.165, 1.54) is 20.3 Å². The molecule has 0 bridgehead atoms. The van der Waals surface area contributed by atoms with Crippen molar-refractivity contribution in [2.45, 2.75) is 20.0 Å². The third kappa shape index (κ3) is 3.38. The van der Waals surface area contributed by atoms with Gasteiger partial charge in [-0.15, -0.1) is 0 Å². The molecule has 2 unspecified atom stereocenters. The van der Waals surface area contributed by atoms with E-state index in [-0.39, 0.29) is 11.7 Å². The van der Waals surface area contributed by atoms with Gasteiger partial charge in [-0.1, -0.05) is 19.9 Å². The molecule has 106 valence electrons. The highest BCUT2D eigenvalue weighted by atomic mass is 16.5. The molecule has 2 N–H and O–H groups in total. The molecule has 0 aromatic heterocycles. The Morgan fingerprint density at radius 2 is 1.89 bits per heavy atom. The van der Waals surface area contributed by atoms with Gasteiger partial charge in [-0.3, -0.25) is 4.79 Å². The number of methoxy groups -OCH3 is 2. The largest absolute Gasteiger partial charge is 0.504 e. The topological polar surface area (TPSA) is 76.0 Å². The minimum absolute atomic E-state index is 0.0774. The van der Waals surface area contributed by atoms with Crippen LogP contribution in [0, 0.1) is 11.8 Å². The zero-order chi connectivity index (χ0) is 14.6. The van der Waals surface area contributed by atoms with E-state index in [0.717, 1.165) is 0 Å². The fourth-order valence-electron chi connectivity index (χ4n) is 2.00. The van der Waals surface area contributed by atoms with E-state index in [1.807, 2.05) is 13.8 Å². The number of hydrogen-bond acceptors (Lipinski definition) is 5. The Morgan fingerprint density at radius 3 is 2.32 bits per heavy atom. The van der Waals surface area contributed by atoms with Crippen LogP contribution in [-0.4, -0.2) is 30.4 Å². The summed E-state index contributed by atoms with van der Waals surface area (Å²) in [5.74, 6) is -1.01. The number of carbonyl (C=O) groups is 1. The van der Waals surface area contributed by atoms with Crippen molar-refractivity contribution in [2.24, 2.45) is 11.8 Å². The average molecular weight is 268 g/mol. The van der Waals surface area contributed by atoms with Crippen molar-refractivity contribution in [1.82, 2.24) is 0 Å². The summed E-state index contributed by atoms with van der Waals surface area (Å²) in [6.45, 7) is 3.66. The molecule has 0 heterocycles. The summed E-state index contributed by atoms with van der Waals surface area (Å²) in [7, 11) is 2.73. The van der Waals surface area contributed by atoms with Crippen LogP contribution >= 0.6 is 0 Å². The number of rotatable bonds is 5. The molecule has 5 nitrogen and oxygen atoms in total. The van der Waals surface area contributed by atoms with Crippen LogP contribution in [0.5, 0.6) is 11.5 Å². The Hall–Kier alpha value is -1.75. The van der Waals surface area contributed by atoms with Crippen LogP contribution in [0.15, 0.2) is 18.2 Å². The molecule has 0 radical (unpaired) electrons. The molecule has 0 saturated heterocycles. The highest BCUT2D eigenvalue weighted by molar-refractivity contribution is 5.73. The SMILES string of the molecule is COC(=O)C(C(C)C)C(O)c1ccc(OC)c(O)c1. The molecule has 2 atom stereocenters. The quantitative estimate of drug-likeness (QED) is 0.797. The van der Waals surface area contributed by atoms with E-state index in [1.54, 1.807) is 12.1 Å². The van der Waals surface area contributed by atoms with Gasteiger partial charge in [-0.2, -0.15) is 0 Å². The van der Waals surface area contributed by atoms with Crippen molar-refractivity contribution in [3.8, 4) is 11.5 Å². The van der Waals surface area contributed by atoms with Crippen molar-refractivity contribution in [3.63, 3.8) is 0 Å². The predicted octanol–water partition coefficient (Wildman–Crippen LogP) is 1.88. The van der Waals surface area contributed by atoms with Crippen molar-refractivity contribution >= 4 is 5.97 Å². The Bertz CT molecular complexity index is 441. The van der Waals surface area contributed by atoms with E-state index in [4.69, 9.17) is 9.47 Å². The van der Waals surface area contributed by atoms with Crippen LogP contribution in [-0.2, 0) is 9.53 Å². The lowest BCUT2D eigenvalue weighted by Crippen LogP contribution is -2.28. The second-order valence-electron chi connectivity index (χ2n) is 4.67. The maximum Gasteiger partial charge on any atom is 0.311 e. The summed E-state index contributed by atoms with van der Waals surface area (Å²) in [6.07, 6.45) is -1.04. The monoisotopic (exact) mass is 268 g/mol. The molecule has 0 fully saturated rings. The van der Waals surface area contributed by atoms with Crippen LogP contribution in [0.2, 0.25) is 0 Å². The maximum absolute atomic E-state index is 11.7. The molecule has 19 heavy (non-hydrogen) atoms. The molecular weight excluding hydrogens is 248 g/mol. The van der Waals surface area contributed by atoms with Gasteiger partial charge in [0.15, 0.2) is 11.5 Å². The van der Waals surface area contributed by atoms with E-state index >= 15 is 0 Å². The molecule has 5 heteroatoms. The van der Waals surface area contributed by atoms with Gasteiger partial charge in [-0.25, -0.2) is 0 Å². The van der Waals surface area contributed by atoms with E-state index in [2.05, 4.69) is 0 Å². The summed E-state index contributed by atoms with van der Waals surface area (Å²) in [5.41, 5.74) is 0.447. The van der Waals surface area contributed by atoms with Crippen molar-refractivity contribution in [3.05, 3.63) is 23.8 Å². The van der Waals surface area contributed by atoms with E-state index in [0.29, 0.717) is 11.3 Å². The molecule has 0 saturated carbocycles. The van der Waals surface area contributed by atoms with Gasteiger partial charge in [0.05, 0.1) is 26.2 Å². The highest BCUT2D eigenvalue weighted by Crippen LogP contribution is 2.34. The lowest BCUT2D eigenvalue weighted by atomic mass is 9.86. The van der Waals surface area contributed by atoms with Crippen molar-refractivity contribution in [1.29, 1.82) is 0 Å². The number of ether oxygens (including phenoxy) is 2. The third-order valence-corrected chi connectivity index (χ3v) is 3.08. The molecule has 0 amide bonds. The first kappa shape index (κ1) is 15.3. The van der Waals surface area contributed by atoms with Gasteiger partial charge in [0.1, 0.15) is 0 Å². The summed E-state index contributed by atoms with van der Waals surface area (Å²) in [6, 6.07) is 4.55. The minimum Gasteiger partial charge on any atom is -0.504 e. The predicted molar refractivity (Wildman–Crippen MR) is 70.0 cm³/mol. The molecule has 0 spiro atoms. The van der Waals surface area contributed by atoms with Gasteiger partial charge < -0.3 is 19.7 Å². The molecule has 1 aromatic carbocycles. The molecular formula is C14H20O5. The summed E-state index contributed by atoms with van der Waals surface area (Å²) >= 11 is 0. The van der Waals surface area contributed by atoms with Crippen molar-refractivity contribution < 1.29 is 24.5 Å². The molecule has 1 rings (SSSR count). The number of aromatic hydroxyl groups is 1. The second kappa shape index (κ2) is 6.43. The smallest absolute Gasteiger partial charge is 0.311 e. The number of benzene rings is 1. The second-order valence-corrected chi connectivity index (χ2v) is 4.67. The number of esters is 1. The number of aliphatic hydroxyl groups excluding tert-OH is 1. The van der Waals surface area contributed by atoms with Crippen molar-refractivity contribution in [2.75, 3.05) is 14.2 Å². The third-order valence-electron chi connectivity index (χ3n) is 3.08. The van der Waals surface area contributed by atoms with Crippen LogP contribution in [0.25, 0.3) is 0 Å². The highest BCUT2D eigenvalue weighted by Gasteiger charge is 2.32. The Labute approximate surface area is 112 Å². The lowest BCUT2D eigenvalue weighted by molar-refractivity contribution is -0.152. The van der Waals surface area contributed by atoms with Gasteiger partial charge in [0, 0.05) is 0 Å². The van der Waals surface area contributed by atoms with Gasteiger partial charge >= 0.3 is 5.97 Å². The first-order valence-electron chi connectivity index (χ1n) is 6.05. The Balaban J connectivity index is 3.06. The van der Waals surface area contributed by atoms with Gasteiger partial charge in [0.2, 0.25) is 0 Å². The van der Waals surface area contributed by atoms with Crippen LogP contribution < -0.4 is 4.74 Å². The summed E-state index contributed by atoms with van der Waals surface area (Å²) in [5, 5.41) is 20.0. The molecule has 0 aliphatic rings. The normalized spacial score (nSPS) is 14.0. The Kier molecular flexibility index (Phi) is 5.18. The van der Waals surface area contributed by atoms with Gasteiger partial charge in [0.25, 0.3) is 0 Å². The first-order valence-corrected chi connectivity index (χ1v) is 6.05. The number of hydrogen-bond donors (Lipinski definition) is 2. The maximum atomic E-state index is 11.7. The number of aliphatic hydroxyl groups is 1. The minimum atomic E-state index is -1.04. The molecule has 0 aliphatic carbocycles. The van der Waals surface area contributed by atoms with E-state index < -0.39 is 18.0 Å². The fraction of sp³-hybridized carbons (Fsp3) is 0.500. The van der Waals surface area contributed by atoms with Crippen LogP contribution in [0.1, 0.15) is 25.5 Å². The average Bonchev–Trinajstić information content (AvgIpc) is 2.37. The molecule has 0 aliphatic heterocycles. The zero-order valence-corrected chi connectivity index (χ0v) is 11.6. The van der Waals surface area contributed by atoms with Crippen LogP contribution in [0.3, 0.4) is 0 Å². The Morgan fingerprint density at radius 1 is 1.26 bits per heavy atom. The van der Waals surface area contributed by atoms with E-state index in [9.17, 15) is 15.0 Å². The van der Waals surface area contributed by atoms with Gasteiger partial charge in [-0.05, 0) is 23.6 Å². The number of phenols is 1. The van der Waals surface area contributed by atoms with Crippen LogP contribution in [0.4, 0.5) is 0 Å². The lowest BCUT2D eigenvalue weighted by Gasteiger charge is -2.24. The fourth-order valence-corrected chi connectivity index (χ4v) is 2.00. The number of carbonyl (C=O) groups excluding carboxylic acids is 1. The zero-order valence-electron chi connectivity index (χ0n) is 11.6. The first-order chi connectivity index (χ1) is 8.92. The summed E-state index contributed by atoms with van der Waals surface area (Å²) in [4.78, 5) is 11.7. The standard InChI is InChI=1S/C14H20O5/c1-8(2)12(14(17)19-4)13(16)9-5-6-11(18-3)10(15)7-9/h5-8,12-13,15-16H,1-4H3. The molecule has 1 aromatic rings. The summed E-state index contributed by atoms with van der Waals surface area (Å²) < 4.78 is 9.64. The number of phenolic OH excluding ortho intramolecular Hbond substituents is 1.